The first-order valence-corrected chi connectivity index (χ1v) is 11.1. The number of hydrogen-bond donors (Lipinski definition) is 3. The number of carbonyl (C=O) groups is 1. The van der Waals surface area contributed by atoms with E-state index in [1.807, 2.05) is 38.1 Å². The van der Waals surface area contributed by atoms with Crippen molar-refractivity contribution in [1.82, 2.24) is 19.7 Å². The maximum absolute atomic E-state index is 14.5. The van der Waals surface area contributed by atoms with Gasteiger partial charge >= 0.3 is 0 Å². The summed E-state index contributed by atoms with van der Waals surface area (Å²) in [4.78, 5) is 20.6. The summed E-state index contributed by atoms with van der Waals surface area (Å²) >= 11 is 5.89. The molecule has 0 aliphatic heterocycles. The van der Waals surface area contributed by atoms with E-state index in [0.717, 1.165) is 11.9 Å². The Balaban J connectivity index is 1.79. The minimum Gasteiger partial charge on any atom is -0.404 e. The van der Waals surface area contributed by atoms with Gasteiger partial charge in [-0.1, -0.05) is 23.7 Å². The van der Waals surface area contributed by atoms with Crippen LogP contribution in [0.2, 0.25) is 5.02 Å². The molecule has 0 saturated heterocycles. The second-order valence-electron chi connectivity index (χ2n) is 7.87. The van der Waals surface area contributed by atoms with Crippen molar-refractivity contribution in [3.63, 3.8) is 0 Å². The zero-order valence-corrected chi connectivity index (χ0v) is 19.8. The second kappa shape index (κ2) is 9.94. The number of benzene rings is 1. The first kappa shape index (κ1) is 23.9. The molecule has 10 heteroatoms. The molecular weight excluding hydrogens is 469 g/mol. The van der Waals surface area contributed by atoms with E-state index in [1.165, 1.54) is 6.07 Å². The third-order valence-electron chi connectivity index (χ3n) is 5.36. The highest BCUT2D eigenvalue weighted by atomic mass is 35.5. The molecule has 1 amide bonds. The maximum Gasteiger partial charge on any atom is 0.252 e. The molecule has 5 N–H and O–H groups in total. The van der Waals surface area contributed by atoms with Crippen molar-refractivity contribution in [2.75, 3.05) is 5.32 Å². The van der Waals surface area contributed by atoms with E-state index < -0.39 is 17.8 Å². The number of halogens is 2. The molecule has 0 spiro atoms. The summed E-state index contributed by atoms with van der Waals surface area (Å²) in [5.41, 5.74) is 14.1. The number of anilines is 1. The molecule has 0 aliphatic rings. The van der Waals surface area contributed by atoms with Crippen LogP contribution in [0.15, 0.2) is 67.0 Å². The largest absolute Gasteiger partial charge is 0.404 e. The van der Waals surface area contributed by atoms with Gasteiger partial charge in [0.1, 0.15) is 11.6 Å². The summed E-state index contributed by atoms with van der Waals surface area (Å²) in [6.45, 7) is 3.71. The molecule has 1 aromatic carbocycles. The Morgan fingerprint density at radius 1 is 1.20 bits per heavy atom. The van der Waals surface area contributed by atoms with Crippen LogP contribution in [0.3, 0.4) is 0 Å². The van der Waals surface area contributed by atoms with Gasteiger partial charge in [-0.2, -0.15) is 0 Å². The Labute approximate surface area is 206 Å². The van der Waals surface area contributed by atoms with Crippen LogP contribution in [0.5, 0.6) is 0 Å². The third kappa shape index (κ3) is 5.15. The average Bonchev–Trinajstić information content (AvgIpc) is 3.23. The monoisotopic (exact) mass is 491 g/mol. The SMILES string of the molecule is Cc1cccc(-n2nc(NC(C)c3ccc(Cl)cc3F)cc2-c2ccnc(C(=CN)C(N)=O)c2)n1. The van der Waals surface area contributed by atoms with Crippen molar-refractivity contribution in [3.8, 4) is 17.1 Å². The number of nitrogens with two attached hydrogens (primary N) is 2. The topological polar surface area (TPSA) is 125 Å². The first-order chi connectivity index (χ1) is 16.8. The lowest BCUT2D eigenvalue weighted by Crippen LogP contribution is -2.15. The summed E-state index contributed by atoms with van der Waals surface area (Å²) in [5, 5.41) is 8.24. The molecule has 178 valence electrons. The molecule has 35 heavy (non-hydrogen) atoms. The zero-order chi connectivity index (χ0) is 25.1. The Hall–Kier alpha value is -4.24. The number of rotatable bonds is 7. The summed E-state index contributed by atoms with van der Waals surface area (Å²) < 4.78 is 16.1. The van der Waals surface area contributed by atoms with E-state index in [1.54, 1.807) is 35.1 Å². The van der Waals surface area contributed by atoms with Gasteiger partial charge in [0.05, 0.1) is 23.0 Å². The van der Waals surface area contributed by atoms with Crippen LogP contribution in [0.25, 0.3) is 22.6 Å². The van der Waals surface area contributed by atoms with E-state index in [4.69, 9.17) is 23.1 Å². The minimum atomic E-state index is -0.688. The first-order valence-electron chi connectivity index (χ1n) is 10.7. The van der Waals surface area contributed by atoms with Gasteiger partial charge < -0.3 is 16.8 Å². The number of aryl methyl sites for hydroxylation is 1. The number of amides is 1. The van der Waals surface area contributed by atoms with Gasteiger partial charge in [0.15, 0.2) is 5.82 Å². The predicted molar refractivity (Wildman–Crippen MR) is 134 cm³/mol. The molecule has 8 nitrogen and oxygen atoms in total. The van der Waals surface area contributed by atoms with Crippen LogP contribution in [0, 0.1) is 12.7 Å². The molecule has 3 heterocycles. The van der Waals surface area contributed by atoms with Gasteiger partial charge in [-0.3, -0.25) is 9.78 Å². The Kier molecular flexibility index (Phi) is 6.79. The van der Waals surface area contributed by atoms with Gasteiger partial charge in [-0.15, -0.1) is 5.10 Å². The predicted octanol–water partition coefficient (Wildman–Crippen LogP) is 4.39. The van der Waals surface area contributed by atoms with Gasteiger partial charge in [0.2, 0.25) is 0 Å². The van der Waals surface area contributed by atoms with Gasteiger partial charge in [-0.05, 0) is 50.2 Å². The van der Waals surface area contributed by atoms with Crippen LogP contribution >= 0.6 is 11.6 Å². The Morgan fingerprint density at radius 3 is 2.69 bits per heavy atom. The number of aromatic nitrogens is 4. The number of carbonyl (C=O) groups excluding carboxylic acids is 1. The standard InChI is InChI=1S/C25H23ClFN7O/c1-14-4-3-5-24(31-14)34-22(16-8-9-30-21(10-16)19(13-28)25(29)35)12-23(33-34)32-15(2)18-7-6-17(26)11-20(18)27/h3-13,15H,28H2,1-2H3,(H2,29,35)(H,32,33). The second-order valence-corrected chi connectivity index (χ2v) is 8.31. The summed E-state index contributed by atoms with van der Waals surface area (Å²) in [6, 6.07) is 15.0. The molecule has 1 unspecified atom stereocenters. The van der Waals surface area contributed by atoms with Crippen LogP contribution in [0.1, 0.15) is 29.9 Å². The van der Waals surface area contributed by atoms with Crippen LogP contribution in [-0.2, 0) is 4.79 Å². The molecule has 0 aliphatic carbocycles. The summed E-state index contributed by atoms with van der Waals surface area (Å²) in [7, 11) is 0. The highest BCUT2D eigenvalue weighted by Gasteiger charge is 2.18. The van der Waals surface area contributed by atoms with Crippen molar-refractivity contribution in [1.29, 1.82) is 0 Å². The number of hydrogen-bond acceptors (Lipinski definition) is 6. The van der Waals surface area contributed by atoms with Crippen LogP contribution in [-0.4, -0.2) is 25.7 Å². The molecule has 4 rings (SSSR count). The molecule has 0 fully saturated rings. The smallest absolute Gasteiger partial charge is 0.252 e. The molecule has 0 saturated carbocycles. The van der Waals surface area contributed by atoms with E-state index in [-0.39, 0.29) is 5.57 Å². The lowest BCUT2D eigenvalue weighted by Gasteiger charge is -2.14. The Morgan fingerprint density at radius 2 is 2.00 bits per heavy atom. The zero-order valence-electron chi connectivity index (χ0n) is 19.0. The lowest BCUT2D eigenvalue weighted by atomic mass is 10.1. The third-order valence-corrected chi connectivity index (χ3v) is 5.59. The van der Waals surface area contributed by atoms with Crippen LogP contribution < -0.4 is 16.8 Å². The number of nitrogens with zero attached hydrogens (tertiary/aromatic N) is 4. The number of pyridine rings is 2. The summed E-state index contributed by atoms with van der Waals surface area (Å²) in [6.07, 6.45) is 2.68. The summed E-state index contributed by atoms with van der Waals surface area (Å²) in [5.74, 6) is -0.0229. The average molecular weight is 492 g/mol. The fraction of sp³-hybridized carbons (Fsp3) is 0.120. The quantitative estimate of drug-likeness (QED) is 0.329. The molecule has 0 bridgehead atoms. The fourth-order valence-electron chi connectivity index (χ4n) is 3.66. The van der Waals surface area contributed by atoms with E-state index in [9.17, 15) is 9.18 Å². The fourth-order valence-corrected chi connectivity index (χ4v) is 3.82. The minimum absolute atomic E-state index is 0.0942. The highest BCUT2D eigenvalue weighted by molar-refractivity contribution is 6.30. The van der Waals surface area contributed by atoms with Crippen LogP contribution in [0.4, 0.5) is 10.2 Å². The van der Waals surface area contributed by atoms with Crippen molar-refractivity contribution < 1.29 is 9.18 Å². The van der Waals surface area contributed by atoms with E-state index in [0.29, 0.717) is 39.2 Å². The Bertz CT molecular complexity index is 1430. The number of primary amides is 1. The van der Waals surface area contributed by atoms with Crippen molar-refractivity contribution in [2.24, 2.45) is 11.5 Å². The van der Waals surface area contributed by atoms with Crippen molar-refractivity contribution in [3.05, 3.63) is 94.8 Å². The lowest BCUT2D eigenvalue weighted by molar-refractivity contribution is -0.112. The normalized spacial score (nSPS) is 12.4. The maximum atomic E-state index is 14.5. The van der Waals surface area contributed by atoms with Gasteiger partial charge in [0, 0.05) is 40.3 Å². The molecular formula is C25H23ClFN7O. The molecule has 3 aromatic heterocycles. The van der Waals surface area contributed by atoms with E-state index >= 15 is 0 Å². The van der Waals surface area contributed by atoms with Crippen molar-refractivity contribution in [2.45, 2.75) is 19.9 Å². The van der Waals surface area contributed by atoms with Gasteiger partial charge in [-0.25, -0.2) is 14.1 Å². The molecule has 0 radical (unpaired) electrons. The van der Waals surface area contributed by atoms with Gasteiger partial charge in [0.25, 0.3) is 5.91 Å². The molecule has 4 aromatic rings. The number of nitrogens with one attached hydrogen (secondary N) is 1. The van der Waals surface area contributed by atoms with E-state index in [2.05, 4.69) is 20.4 Å². The van der Waals surface area contributed by atoms with Crippen molar-refractivity contribution >= 4 is 28.9 Å². The highest BCUT2D eigenvalue weighted by Crippen LogP contribution is 2.30. The molecule has 1 atom stereocenters.